The van der Waals surface area contributed by atoms with Crippen molar-refractivity contribution in [2.75, 3.05) is 11.4 Å². The largest absolute Gasteiger partial charge is 0.508 e. The summed E-state index contributed by atoms with van der Waals surface area (Å²) in [4.78, 5) is 2.29. The molecule has 126 valence electrons. The van der Waals surface area contributed by atoms with Crippen LogP contribution in [0.1, 0.15) is 42.1 Å². The SMILES string of the molecule is Cc1c(O)cc2c(c1C)N(c1ccc(Cl)cc1)CC1(CCC1)C2O. The predicted molar refractivity (Wildman–Crippen MR) is 97.3 cm³/mol. The molecule has 24 heavy (non-hydrogen) atoms. The Morgan fingerprint density at radius 2 is 1.79 bits per heavy atom. The highest BCUT2D eigenvalue weighted by molar-refractivity contribution is 6.30. The molecule has 1 atom stereocenters. The third-order valence-electron chi connectivity index (χ3n) is 5.97. The lowest BCUT2D eigenvalue weighted by molar-refractivity contribution is -0.0347. The Balaban J connectivity index is 1.93. The first-order valence-electron chi connectivity index (χ1n) is 8.47. The molecule has 0 saturated heterocycles. The van der Waals surface area contributed by atoms with Gasteiger partial charge in [0.1, 0.15) is 5.75 Å². The molecule has 0 amide bonds. The molecule has 4 rings (SSSR count). The standard InChI is InChI=1S/C20H22ClNO2/c1-12-13(2)18-16(10-17(12)23)19(24)20(8-3-9-20)11-22(18)15-6-4-14(21)5-7-15/h4-7,10,19,23-24H,3,8-9,11H2,1-2H3. The molecule has 2 aliphatic rings. The molecule has 4 heteroatoms. The van der Waals surface area contributed by atoms with E-state index < -0.39 is 6.10 Å². The van der Waals surface area contributed by atoms with Crippen LogP contribution in [0.15, 0.2) is 30.3 Å². The number of aromatic hydroxyl groups is 1. The van der Waals surface area contributed by atoms with Crippen molar-refractivity contribution in [2.24, 2.45) is 5.41 Å². The van der Waals surface area contributed by atoms with Gasteiger partial charge in [0, 0.05) is 28.2 Å². The molecule has 1 fully saturated rings. The second-order valence-corrected chi connectivity index (χ2v) is 7.70. The summed E-state index contributed by atoms with van der Waals surface area (Å²) in [6.07, 6.45) is 2.67. The Morgan fingerprint density at radius 1 is 1.12 bits per heavy atom. The minimum absolute atomic E-state index is 0.110. The zero-order chi connectivity index (χ0) is 17.1. The number of aliphatic hydroxyl groups is 1. The smallest absolute Gasteiger partial charge is 0.119 e. The molecule has 0 bridgehead atoms. The Labute approximate surface area is 147 Å². The van der Waals surface area contributed by atoms with Gasteiger partial charge in [-0.2, -0.15) is 0 Å². The van der Waals surface area contributed by atoms with Gasteiger partial charge in [-0.25, -0.2) is 0 Å². The van der Waals surface area contributed by atoms with Crippen molar-refractivity contribution in [2.45, 2.75) is 39.2 Å². The second-order valence-electron chi connectivity index (χ2n) is 7.26. The summed E-state index contributed by atoms with van der Waals surface area (Å²) in [5, 5.41) is 22.0. The molecular formula is C20H22ClNO2. The van der Waals surface area contributed by atoms with E-state index in [9.17, 15) is 10.2 Å². The average molecular weight is 344 g/mol. The third kappa shape index (κ3) is 2.15. The molecule has 1 aliphatic carbocycles. The van der Waals surface area contributed by atoms with Crippen molar-refractivity contribution in [3.63, 3.8) is 0 Å². The molecular weight excluding hydrogens is 322 g/mol. The Bertz CT molecular complexity index is 796. The van der Waals surface area contributed by atoms with E-state index in [0.29, 0.717) is 5.02 Å². The average Bonchev–Trinajstić information content (AvgIpc) is 2.53. The number of aliphatic hydroxyl groups excluding tert-OH is 1. The zero-order valence-electron chi connectivity index (χ0n) is 14.0. The van der Waals surface area contributed by atoms with E-state index in [1.165, 1.54) is 0 Å². The first-order chi connectivity index (χ1) is 11.4. The van der Waals surface area contributed by atoms with Gasteiger partial charge in [-0.15, -0.1) is 0 Å². The maximum atomic E-state index is 11.0. The van der Waals surface area contributed by atoms with Gasteiger partial charge in [-0.1, -0.05) is 18.0 Å². The van der Waals surface area contributed by atoms with E-state index in [0.717, 1.165) is 53.9 Å². The van der Waals surface area contributed by atoms with Crippen LogP contribution in [0.25, 0.3) is 0 Å². The molecule has 1 saturated carbocycles. The van der Waals surface area contributed by atoms with E-state index in [4.69, 9.17) is 11.6 Å². The molecule has 0 aromatic heterocycles. The van der Waals surface area contributed by atoms with Gasteiger partial charge in [0.25, 0.3) is 0 Å². The van der Waals surface area contributed by atoms with Crippen LogP contribution in [0.4, 0.5) is 11.4 Å². The number of hydrogen-bond donors (Lipinski definition) is 2. The quantitative estimate of drug-likeness (QED) is 0.764. The lowest BCUT2D eigenvalue weighted by Gasteiger charge is -2.53. The van der Waals surface area contributed by atoms with Crippen LogP contribution in [-0.2, 0) is 0 Å². The van der Waals surface area contributed by atoms with Crippen molar-refractivity contribution in [1.82, 2.24) is 0 Å². The number of hydrogen-bond acceptors (Lipinski definition) is 3. The summed E-state index contributed by atoms with van der Waals surface area (Å²) < 4.78 is 0. The number of benzene rings is 2. The number of anilines is 2. The first kappa shape index (κ1) is 15.8. The fourth-order valence-electron chi connectivity index (χ4n) is 4.19. The molecule has 3 nitrogen and oxygen atoms in total. The summed E-state index contributed by atoms with van der Waals surface area (Å²) in [5.74, 6) is 0.262. The molecule has 1 heterocycles. The predicted octanol–water partition coefficient (Wildman–Crippen LogP) is 5.02. The van der Waals surface area contributed by atoms with Gasteiger partial charge in [0.05, 0.1) is 11.8 Å². The van der Waals surface area contributed by atoms with Gasteiger partial charge < -0.3 is 15.1 Å². The highest BCUT2D eigenvalue weighted by Gasteiger charge is 2.50. The number of phenols is 1. The normalized spacial score (nSPS) is 21.5. The van der Waals surface area contributed by atoms with E-state index in [1.807, 2.05) is 38.1 Å². The number of rotatable bonds is 1. The van der Waals surface area contributed by atoms with Crippen LogP contribution in [-0.4, -0.2) is 16.8 Å². The van der Waals surface area contributed by atoms with E-state index in [1.54, 1.807) is 6.07 Å². The van der Waals surface area contributed by atoms with Crippen LogP contribution < -0.4 is 4.90 Å². The van der Waals surface area contributed by atoms with E-state index >= 15 is 0 Å². The molecule has 1 aliphatic heterocycles. The molecule has 2 aromatic carbocycles. The first-order valence-corrected chi connectivity index (χ1v) is 8.85. The van der Waals surface area contributed by atoms with Crippen molar-refractivity contribution in [3.8, 4) is 5.75 Å². The molecule has 1 spiro atoms. The van der Waals surface area contributed by atoms with Crippen molar-refractivity contribution < 1.29 is 10.2 Å². The number of nitrogens with zero attached hydrogens (tertiary/aromatic N) is 1. The fraction of sp³-hybridized carbons (Fsp3) is 0.400. The van der Waals surface area contributed by atoms with Crippen LogP contribution in [0.3, 0.4) is 0 Å². The molecule has 2 aromatic rings. The fourth-order valence-corrected chi connectivity index (χ4v) is 4.32. The lowest BCUT2D eigenvalue weighted by Crippen LogP contribution is -2.49. The van der Waals surface area contributed by atoms with Gasteiger partial charge in [0.15, 0.2) is 0 Å². The van der Waals surface area contributed by atoms with E-state index in [-0.39, 0.29) is 11.2 Å². The molecule has 0 radical (unpaired) electrons. The lowest BCUT2D eigenvalue weighted by atomic mass is 9.61. The summed E-state index contributed by atoms with van der Waals surface area (Å²) in [5.41, 5.74) is 4.72. The van der Waals surface area contributed by atoms with Crippen molar-refractivity contribution >= 4 is 23.0 Å². The van der Waals surface area contributed by atoms with Crippen LogP contribution in [0.2, 0.25) is 5.02 Å². The minimum Gasteiger partial charge on any atom is -0.508 e. The van der Waals surface area contributed by atoms with Crippen LogP contribution >= 0.6 is 11.6 Å². The number of fused-ring (bicyclic) bond motifs is 1. The summed E-state index contributed by atoms with van der Waals surface area (Å²) in [6.45, 7) is 4.74. The van der Waals surface area contributed by atoms with E-state index in [2.05, 4.69) is 4.90 Å². The highest BCUT2D eigenvalue weighted by atomic mass is 35.5. The second kappa shape index (κ2) is 5.40. The number of phenolic OH excluding ortho intramolecular Hbond substituents is 1. The maximum Gasteiger partial charge on any atom is 0.119 e. The van der Waals surface area contributed by atoms with Gasteiger partial charge in [-0.05, 0) is 68.1 Å². The topological polar surface area (TPSA) is 43.7 Å². The Morgan fingerprint density at radius 3 is 2.38 bits per heavy atom. The van der Waals surface area contributed by atoms with Crippen molar-refractivity contribution in [3.05, 3.63) is 52.0 Å². The summed E-state index contributed by atoms with van der Waals surface area (Å²) >= 11 is 6.05. The monoisotopic (exact) mass is 343 g/mol. The molecule has 2 N–H and O–H groups in total. The zero-order valence-corrected chi connectivity index (χ0v) is 14.8. The minimum atomic E-state index is -0.519. The van der Waals surface area contributed by atoms with Gasteiger partial charge >= 0.3 is 0 Å². The maximum absolute atomic E-state index is 11.0. The number of halogens is 1. The van der Waals surface area contributed by atoms with Crippen molar-refractivity contribution in [1.29, 1.82) is 0 Å². The third-order valence-corrected chi connectivity index (χ3v) is 6.22. The summed E-state index contributed by atoms with van der Waals surface area (Å²) in [7, 11) is 0. The van der Waals surface area contributed by atoms with Gasteiger partial charge in [0.2, 0.25) is 0 Å². The Hall–Kier alpha value is -1.71. The summed E-state index contributed by atoms with van der Waals surface area (Å²) in [6, 6.07) is 9.61. The highest BCUT2D eigenvalue weighted by Crippen LogP contribution is 2.58. The van der Waals surface area contributed by atoms with Gasteiger partial charge in [-0.3, -0.25) is 0 Å². The molecule has 1 unspecified atom stereocenters. The van der Waals surface area contributed by atoms with Crippen LogP contribution in [0, 0.1) is 19.3 Å². The Kier molecular flexibility index (Phi) is 3.55. The van der Waals surface area contributed by atoms with Crippen LogP contribution in [0.5, 0.6) is 5.75 Å².